The van der Waals surface area contributed by atoms with Crippen molar-refractivity contribution in [2.24, 2.45) is 17.8 Å². The molecule has 0 radical (unpaired) electrons. The maximum absolute atomic E-state index is 11.5. The van der Waals surface area contributed by atoms with E-state index < -0.39 is 0 Å². The highest BCUT2D eigenvalue weighted by Crippen LogP contribution is 2.29. The van der Waals surface area contributed by atoms with E-state index in [2.05, 4.69) is 33.0 Å². The smallest absolute Gasteiger partial charge is 0.223 e. The van der Waals surface area contributed by atoms with Gasteiger partial charge in [0, 0.05) is 12.0 Å². The lowest BCUT2D eigenvalue weighted by molar-refractivity contribution is -0.123. The third kappa shape index (κ3) is 3.02. The van der Waals surface area contributed by atoms with Gasteiger partial charge in [0.2, 0.25) is 5.91 Å². The Morgan fingerprint density at radius 1 is 1.15 bits per heavy atom. The zero-order valence-electron chi connectivity index (χ0n) is 9.13. The van der Waals surface area contributed by atoms with Gasteiger partial charge >= 0.3 is 0 Å². The summed E-state index contributed by atoms with van der Waals surface area (Å²) in [6, 6.07) is 0.341. The Labute approximate surface area is 81.1 Å². The van der Waals surface area contributed by atoms with Gasteiger partial charge in [0.05, 0.1) is 0 Å². The van der Waals surface area contributed by atoms with Gasteiger partial charge in [-0.3, -0.25) is 4.79 Å². The second kappa shape index (κ2) is 4.12. The Kier molecular flexibility index (Phi) is 3.34. The fourth-order valence-electron chi connectivity index (χ4n) is 1.73. The van der Waals surface area contributed by atoms with Gasteiger partial charge < -0.3 is 5.32 Å². The molecule has 0 bridgehead atoms. The van der Waals surface area contributed by atoms with Crippen LogP contribution in [0.2, 0.25) is 0 Å². The van der Waals surface area contributed by atoms with E-state index in [1.807, 2.05) is 0 Å². The summed E-state index contributed by atoms with van der Waals surface area (Å²) in [5, 5.41) is 3.14. The van der Waals surface area contributed by atoms with Crippen LogP contribution >= 0.6 is 0 Å². The Morgan fingerprint density at radius 2 is 1.62 bits per heavy atom. The lowest BCUT2D eigenvalue weighted by Gasteiger charge is -2.26. The Morgan fingerprint density at radius 3 is 1.92 bits per heavy atom. The van der Waals surface area contributed by atoms with Crippen LogP contribution in [0.5, 0.6) is 0 Å². The van der Waals surface area contributed by atoms with Crippen molar-refractivity contribution in [3.8, 4) is 0 Å². The predicted molar refractivity (Wildman–Crippen MR) is 54.3 cm³/mol. The van der Waals surface area contributed by atoms with Crippen LogP contribution in [-0.4, -0.2) is 11.9 Å². The van der Waals surface area contributed by atoms with Gasteiger partial charge in [0.25, 0.3) is 0 Å². The van der Waals surface area contributed by atoms with Crippen LogP contribution in [0.1, 0.15) is 40.5 Å². The zero-order chi connectivity index (χ0) is 10.0. The monoisotopic (exact) mass is 183 g/mol. The zero-order valence-corrected chi connectivity index (χ0v) is 9.13. The highest BCUT2D eigenvalue weighted by molar-refractivity contribution is 5.81. The first kappa shape index (κ1) is 10.6. The van der Waals surface area contributed by atoms with Crippen molar-refractivity contribution >= 4 is 5.91 Å². The van der Waals surface area contributed by atoms with Crippen molar-refractivity contribution in [2.45, 2.75) is 46.6 Å². The molecule has 0 aromatic rings. The van der Waals surface area contributed by atoms with Crippen LogP contribution in [0.3, 0.4) is 0 Å². The molecular formula is C11H21NO. The molecule has 2 nitrogen and oxygen atoms in total. The lowest BCUT2D eigenvalue weighted by atomic mass is 9.93. The van der Waals surface area contributed by atoms with Gasteiger partial charge in [-0.05, 0) is 24.7 Å². The number of carbonyl (C=O) groups is 1. The minimum absolute atomic E-state index is 0.271. The third-order valence-electron chi connectivity index (χ3n) is 2.69. The van der Waals surface area contributed by atoms with Crippen LogP contribution in [0.4, 0.5) is 0 Å². The summed E-state index contributed by atoms with van der Waals surface area (Å²) in [6.45, 7) is 8.66. The summed E-state index contributed by atoms with van der Waals surface area (Å²) in [7, 11) is 0. The average Bonchev–Trinajstić information content (AvgIpc) is 2.80. The summed E-state index contributed by atoms with van der Waals surface area (Å²) in [5.41, 5.74) is 0. The third-order valence-corrected chi connectivity index (χ3v) is 2.69. The van der Waals surface area contributed by atoms with E-state index in [0.29, 0.717) is 23.8 Å². The second-order valence-electron chi connectivity index (χ2n) is 4.80. The number of amides is 1. The number of hydrogen-bond donors (Lipinski definition) is 1. The molecule has 0 atom stereocenters. The number of rotatable bonds is 4. The van der Waals surface area contributed by atoms with Gasteiger partial charge in [-0.25, -0.2) is 0 Å². The highest BCUT2D eigenvalue weighted by atomic mass is 16.2. The first-order valence-corrected chi connectivity index (χ1v) is 5.32. The van der Waals surface area contributed by atoms with Gasteiger partial charge in [-0.1, -0.05) is 27.7 Å². The average molecular weight is 183 g/mol. The van der Waals surface area contributed by atoms with E-state index >= 15 is 0 Å². The fourth-order valence-corrected chi connectivity index (χ4v) is 1.73. The van der Waals surface area contributed by atoms with Crippen LogP contribution < -0.4 is 5.32 Å². The molecule has 0 saturated heterocycles. The van der Waals surface area contributed by atoms with Crippen molar-refractivity contribution in [3.05, 3.63) is 0 Å². The Balaban J connectivity index is 2.41. The van der Waals surface area contributed by atoms with Crippen molar-refractivity contribution in [1.29, 1.82) is 0 Å². The molecule has 0 aromatic carbocycles. The van der Waals surface area contributed by atoms with Crippen LogP contribution in [0, 0.1) is 17.8 Å². The molecule has 1 rings (SSSR count). The second-order valence-corrected chi connectivity index (χ2v) is 4.80. The maximum Gasteiger partial charge on any atom is 0.223 e. The molecule has 1 fully saturated rings. The lowest BCUT2D eigenvalue weighted by Crippen LogP contribution is -2.42. The molecule has 1 amide bonds. The van der Waals surface area contributed by atoms with E-state index in [1.165, 1.54) is 0 Å². The van der Waals surface area contributed by atoms with E-state index in [-0.39, 0.29) is 5.91 Å². The predicted octanol–water partition coefficient (Wildman–Crippen LogP) is 2.19. The van der Waals surface area contributed by atoms with Crippen LogP contribution in [0.25, 0.3) is 0 Å². The van der Waals surface area contributed by atoms with Gasteiger partial charge in [-0.15, -0.1) is 0 Å². The SMILES string of the molecule is CC(C)C(NC(=O)C1CC1)C(C)C. The summed E-state index contributed by atoms with van der Waals surface area (Å²) in [6.07, 6.45) is 2.18. The number of carbonyl (C=O) groups excluding carboxylic acids is 1. The first-order valence-electron chi connectivity index (χ1n) is 5.32. The van der Waals surface area contributed by atoms with Crippen molar-refractivity contribution in [1.82, 2.24) is 5.32 Å². The molecule has 0 spiro atoms. The largest absolute Gasteiger partial charge is 0.353 e. The minimum atomic E-state index is 0.271. The summed E-state index contributed by atoms with van der Waals surface area (Å²) < 4.78 is 0. The van der Waals surface area contributed by atoms with E-state index in [1.54, 1.807) is 0 Å². The molecule has 0 aromatic heterocycles. The highest BCUT2D eigenvalue weighted by Gasteiger charge is 2.32. The fraction of sp³-hybridized carbons (Fsp3) is 0.909. The quantitative estimate of drug-likeness (QED) is 0.711. The molecule has 1 N–H and O–H groups in total. The van der Waals surface area contributed by atoms with Gasteiger partial charge in [0.1, 0.15) is 0 Å². The van der Waals surface area contributed by atoms with Crippen molar-refractivity contribution in [3.63, 3.8) is 0 Å². The van der Waals surface area contributed by atoms with Crippen molar-refractivity contribution < 1.29 is 4.79 Å². The molecule has 1 saturated carbocycles. The standard InChI is InChI=1S/C11H21NO/c1-7(2)10(8(3)4)12-11(13)9-5-6-9/h7-10H,5-6H2,1-4H3,(H,12,13). The van der Waals surface area contributed by atoms with Crippen LogP contribution in [-0.2, 0) is 4.79 Å². The van der Waals surface area contributed by atoms with E-state index in [0.717, 1.165) is 12.8 Å². The Hall–Kier alpha value is -0.530. The summed E-state index contributed by atoms with van der Waals surface area (Å²) in [4.78, 5) is 11.5. The summed E-state index contributed by atoms with van der Waals surface area (Å²) >= 11 is 0. The topological polar surface area (TPSA) is 29.1 Å². The molecule has 13 heavy (non-hydrogen) atoms. The maximum atomic E-state index is 11.5. The Bertz CT molecular complexity index is 175. The van der Waals surface area contributed by atoms with E-state index in [4.69, 9.17) is 0 Å². The van der Waals surface area contributed by atoms with Crippen LogP contribution in [0.15, 0.2) is 0 Å². The summed E-state index contributed by atoms with van der Waals surface area (Å²) in [5.74, 6) is 1.66. The molecule has 1 aliphatic rings. The molecule has 0 heterocycles. The minimum Gasteiger partial charge on any atom is -0.353 e. The molecule has 76 valence electrons. The molecule has 0 aliphatic heterocycles. The van der Waals surface area contributed by atoms with Crippen molar-refractivity contribution in [2.75, 3.05) is 0 Å². The first-order chi connectivity index (χ1) is 6.02. The number of hydrogen-bond acceptors (Lipinski definition) is 1. The normalized spacial score (nSPS) is 17.2. The molecule has 1 aliphatic carbocycles. The molecular weight excluding hydrogens is 162 g/mol. The van der Waals surface area contributed by atoms with E-state index in [9.17, 15) is 4.79 Å². The van der Waals surface area contributed by atoms with Gasteiger partial charge in [0.15, 0.2) is 0 Å². The number of nitrogens with one attached hydrogen (secondary N) is 1. The molecule has 2 heteroatoms. The van der Waals surface area contributed by atoms with Gasteiger partial charge in [-0.2, -0.15) is 0 Å². The molecule has 0 unspecified atom stereocenters.